The van der Waals surface area contributed by atoms with E-state index in [0.29, 0.717) is 22.0 Å². The van der Waals surface area contributed by atoms with Gasteiger partial charge in [-0.05, 0) is 31.2 Å². The van der Waals surface area contributed by atoms with Gasteiger partial charge < -0.3 is 4.74 Å². The Hall–Kier alpha value is -4.05. The fraction of sp³-hybridized carbons (Fsp3) is 0.0952. The first kappa shape index (κ1) is 18.9. The third-order valence-corrected chi connectivity index (χ3v) is 5.61. The molecule has 31 heavy (non-hydrogen) atoms. The highest BCUT2D eigenvalue weighted by Gasteiger charge is 2.19. The van der Waals surface area contributed by atoms with E-state index in [1.807, 2.05) is 54.8 Å². The summed E-state index contributed by atoms with van der Waals surface area (Å²) < 4.78 is 8.63. The van der Waals surface area contributed by atoms with Gasteiger partial charge in [-0.3, -0.25) is 10.1 Å². The Morgan fingerprint density at radius 2 is 2.10 bits per heavy atom. The van der Waals surface area contributed by atoms with Crippen LogP contribution in [0.2, 0.25) is 0 Å². The number of fused-ring (bicyclic) bond motifs is 1. The predicted octanol–water partition coefficient (Wildman–Crippen LogP) is 3.61. The standard InChI is InChI=1S/C21H17N7O2S/c1-13-16(11-23-27(13)18-8-3-4-9-22-18)19(29)24-20-25-21-28(26-20)17(12-31-21)14-6-5-7-15(10-14)30-2/h3-12H,1-2H3,(H,24,26,29). The molecule has 154 valence electrons. The van der Waals surface area contributed by atoms with Crippen molar-refractivity contribution in [1.82, 2.24) is 29.4 Å². The van der Waals surface area contributed by atoms with E-state index < -0.39 is 0 Å². The Balaban J connectivity index is 1.42. The maximum absolute atomic E-state index is 12.8. The number of thiazole rings is 1. The molecule has 0 saturated heterocycles. The number of nitrogens with one attached hydrogen (secondary N) is 1. The lowest BCUT2D eigenvalue weighted by molar-refractivity contribution is 0.102. The van der Waals surface area contributed by atoms with Gasteiger partial charge in [-0.2, -0.15) is 10.1 Å². The first-order valence-electron chi connectivity index (χ1n) is 9.40. The lowest BCUT2D eigenvalue weighted by atomic mass is 10.2. The van der Waals surface area contributed by atoms with E-state index in [1.165, 1.54) is 17.5 Å². The van der Waals surface area contributed by atoms with Gasteiger partial charge in [-0.15, -0.1) is 16.4 Å². The molecule has 0 radical (unpaired) electrons. The number of aromatic nitrogens is 6. The van der Waals surface area contributed by atoms with Crippen LogP contribution in [0.25, 0.3) is 22.0 Å². The topological polar surface area (TPSA) is 99.2 Å². The minimum Gasteiger partial charge on any atom is -0.497 e. The zero-order valence-corrected chi connectivity index (χ0v) is 17.5. The van der Waals surface area contributed by atoms with Gasteiger partial charge in [-0.1, -0.05) is 18.2 Å². The molecule has 0 spiro atoms. The minimum atomic E-state index is -0.333. The number of carbonyl (C=O) groups is 1. The molecule has 0 bridgehead atoms. The van der Waals surface area contributed by atoms with Gasteiger partial charge in [0, 0.05) is 17.1 Å². The van der Waals surface area contributed by atoms with Crippen LogP contribution < -0.4 is 10.1 Å². The maximum atomic E-state index is 12.8. The second kappa shape index (κ2) is 7.65. The molecule has 0 aliphatic rings. The average molecular weight is 431 g/mol. The van der Waals surface area contributed by atoms with E-state index in [-0.39, 0.29) is 11.9 Å². The van der Waals surface area contributed by atoms with Gasteiger partial charge in [0.1, 0.15) is 5.75 Å². The number of carbonyl (C=O) groups excluding carboxylic acids is 1. The molecule has 0 fully saturated rings. The van der Waals surface area contributed by atoms with E-state index in [0.717, 1.165) is 17.0 Å². The van der Waals surface area contributed by atoms with Crippen molar-refractivity contribution in [1.29, 1.82) is 0 Å². The molecule has 5 aromatic rings. The summed E-state index contributed by atoms with van der Waals surface area (Å²) in [6, 6.07) is 13.2. The second-order valence-corrected chi connectivity index (χ2v) is 7.52. The molecule has 1 amide bonds. The van der Waals surface area contributed by atoms with E-state index >= 15 is 0 Å². The van der Waals surface area contributed by atoms with Crippen LogP contribution in [0.1, 0.15) is 16.1 Å². The van der Waals surface area contributed by atoms with Crippen LogP contribution in [-0.2, 0) is 0 Å². The summed E-state index contributed by atoms with van der Waals surface area (Å²) in [6.45, 7) is 1.82. The van der Waals surface area contributed by atoms with Crippen molar-refractivity contribution in [3.05, 3.63) is 71.5 Å². The Morgan fingerprint density at radius 1 is 1.19 bits per heavy atom. The van der Waals surface area contributed by atoms with Crippen molar-refractivity contribution in [2.24, 2.45) is 0 Å². The summed E-state index contributed by atoms with van der Waals surface area (Å²) in [5.41, 5.74) is 2.91. The molecular formula is C21H17N7O2S. The SMILES string of the molecule is COc1cccc(-c2csc3nc(NC(=O)c4cnn(-c5ccccn5)c4C)nn23)c1. The van der Waals surface area contributed by atoms with Crippen LogP contribution in [0.3, 0.4) is 0 Å². The van der Waals surface area contributed by atoms with Gasteiger partial charge in [-0.25, -0.2) is 14.2 Å². The van der Waals surface area contributed by atoms with Crippen LogP contribution in [0.5, 0.6) is 5.75 Å². The Kier molecular flexibility index (Phi) is 4.68. The van der Waals surface area contributed by atoms with Crippen molar-refractivity contribution >= 4 is 28.2 Å². The van der Waals surface area contributed by atoms with Crippen molar-refractivity contribution in [2.45, 2.75) is 6.92 Å². The van der Waals surface area contributed by atoms with Gasteiger partial charge in [0.25, 0.3) is 11.9 Å². The molecule has 5 rings (SSSR count). The van der Waals surface area contributed by atoms with Gasteiger partial charge in [0.15, 0.2) is 5.82 Å². The fourth-order valence-electron chi connectivity index (χ4n) is 3.23. The zero-order valence-electron chi connectivity index (χ0n) is 16.7. The highest BCUT2D eigenvalue weighted by atomic mass is 32.1. The summed E-state index contributed by atoms with van der Waals surface area (Å²) in [5, 5.41) is 13.5. The van der Waals surface area contributed by atoms with E-state index in [1.54, 1.807) is 22.5 Å². The molecule has 9 nitrogen and oxygen atoms in total. The summed E-state index contributed by atoms with van der Waals surface area (Å²) in [7, 11) is 1.63. The molecule has 0 saturated carbocycles. The molecule has 4 aromatic heterocycles. The van der Waals surface area contributed by atoms with Gasteiger partial charge >= 0.3 is 0 Å². The average Bonchev–Trinajstić information content (AvgIpc) is 3.48. The predicted molar refractivity (Wildman–Crippen MR) is 117 cm³/mol. The van der Waals surface area contributed by atoms with Crippen molar-refractivity contribution in [3.8, 4) is 22.8 Å². The molecule has 1 aromatic carbocycles. The number of hydrogen-bond donors (Lipinski definition) is 1. The first-order valence-corrected chi connectivity index (χ1v) is 10.3. The van der Waals surface area contributed by atoms with E-state index in [9.17, 15) is 4.79 Å². The number of anilines is 1. The Bertz CT molecular complexity index is 1390. The summed E-state index contributed by atoms with van der Waals surface area (Å²) >= 11 is 1.44. The van der Waals surface area contributed by atoms with Crippen molar-refractivity contribution < 1.29 is 9.53 Å². The zero-order chi connectivity index (χ0) is 21.4. The fourth-order valence-corrected chi connectivity index (χ4v) is 4.06. The molecule has 10 heteroatoms. The summed E-state index contributed by atoms with van der Waals surface area (Å²) in [6.07, 6.45) is 3.19. The Morgan fingerprint density at radius 3 is 2.90 bits per heavy atom. The molecule has 0 aliphatic carbocycles. The summed E-state index contributed by atoms with van der Waals surface area (Å²) in [5.74, 6) is 1.29. The van der Waals surface area contributed by atoms with Crippen LogP contribution in [0.4, 0.5) is 5.95 Å². The largest absolute Gasteiger partial charge is 0.497 e. The van der Waals surface area contributed by atoms with Crippen LogP contribution >= 0.6 is 11.3 Å². The molecule has 0 atom stereocenters. The monoisotopic (exact) mass is 431 g/mol. The van der Waals surface area contributed by atoms with Crippen LogP contribution in [-0.4, -0.2) is 42.4 Å². The normalized spacial score (nSPS) is 11.0. The quantitative estimate of drug-likeness (QED) is 0.456. The molecule has 0 unspecified atom stereocenters. The van der Waals surface area contributed by atoms with Crippen molar-refractivity contribution in [3.63, 3.8) is 0 Å². The summed E-state index contributed by atoms with van der Waals surface area (Å²) in [4.78, 5) is 22.2. The number of amides is 1. The molecule has 4 heterocycles. The lowest BCUT2D eigenvalue weighted by Crippen LogP contribution is -2.14. The molecule has 0 aliphatic heterocycles. The number of benzene rings is 1. The van der Waals surface area contributed by atoms with E-state index in [4.69, 9.17) is 4.74 Å². The lowest BCUT2D eigenvalue weighted by Gasteiger charge is -2.04. The maximum Gasteiger partial charge on any atom is 0.261 e. The number of pyridine rings is 1. The van der Waals surface area contributed by atoms with Crippen LogP contribution in [0, 0.1) is 6.92 Å². The van der Waals surface area contributed by atoms with Crippen molar-refractivity contribution in [2.75, 3.05) is 12.4 Å². The third-order valence-electron chi connectivity index (χ3n) is 4.79. The van der Waals surface area contributed by atoms with Crippen LogP contribution in [0.15, 0.2) is 60.2 Å². The first-order chi connectivity index (χ1) is 15.1. The number of hydrogen-bond acceptors (Lipinski definition) is 7. The molecular weight excluding hydrogens is 414 g/mol. The van der Waals surface area contributed by atoms with Gasteiger partial charge in [0.05, 0.1) is 30.3 Å². The highest BCUT2D eigenvalue weighted by Crippen LogP contribution is 2.28. The Labute approximate surface area is 181 Å². The number of rotatable bonds is 5. The third kappa shape index (κ3) is 3.42. The number of methoxy groups -OCH3 is 1. The molecule has 1 N–H and O–H groups in total. The number of ether oxygens (including phenoxy) is 1. The van der Waals surface area contributed by atoms with E-state index in [2.05, 4.69) is 25.5 Å². The minimum absolute atomic E-state index is 0.228. The van der Waals surface area contributed by atoms with Gasteiger partial charge in [0.2, 0.25) is 4.96 Å². The highest BCUT2D eigenvalue weighted by molar-refractivity contribution is 7.15. The number of nitrogens with zero attached hydrogens (tertiary/aromatic N) is 6. The second-order valence-electron chi connectivity index (χ2n) is 6.68. The smallest absolute Gasteiger partial charge is 0.261 e.